The highest BCUT2D eigenvalue weighted by atomic mass is 35.5. The van der Waals surface area contributed by atoms with Crippen molar-refractivity contribution >= 4 is 46.2 Å². The molecule has 23 heavy (non-hydrogen) atoms. The van der Waals surface area contributed by atoms with E-state index >= 15 is 0 Å². The Labute approximate surface area is 148 Å². The summed E-state index contributed by atoms with van der Waals surface area (Å²) >= 11 is 9.00. The molecule has 2 nitrogen and oxygen atoms in total. The molecule has 1 aromatic heterocycles. The molecule has 3 rings (SSSR count). The molecule has 116 valence electrons. The Morgan fingerprint density at radius 2 is 1.74 bits per heavy atom. The average Bonchev–Trinajstić information content (AvgIpc) is 2.92. The van der Waals surface area contributed by atoms with Gasteiger partial charge in [0.05, 0.1) is 14.8 Å². The minimum atomic E-state index is -0.0383. The smallest absolute Gasteiger partial charge is 0.205 e. The summed E-state index contributed by atoms with van der Waals surface area (Å²) in [5.41, 5.74) is 9.40. The number of carbonyl (C=O) groups is 1. The zero-order chi connectivity index (χ0) is 16.4. The summed E-state index contributed by atoms with van der Waals surface area (Å²) in [5.74, 6) is -0.0383. The van der Waals surface area contributed by atoms with Crippen molar-refractivity contribution in [1.82, 2.24) is 0 Å². The van der Waals surface area contributed by atoms with Crippen LogP contribution in [0.2, 0.25) is 5.02 Å². The maximum Gasteiger partial charge on any atom is 0.205 e. The first kappa shape index (κ1) is 16.1. The van der Waals surface area contributed by atoms with Crippen LogP contribution in [0.3, 0.4) is 0 Å². The lowest BCUT2D eigenvalue weighted by molar-refractivity contribution is 0.104. The van der Waals surface area contributed by atoms with Crippen LogP contribution >= 0.6 is 34.7 Å². The molecule has 0 aliphatic rings. The summed E-state index contributed by atoms with van der Waals surface area (Å²) in [6.45, 7) is 0. The van der Waals surface area contributed by atoms with Gasteiger partial charge in [-0.3, -0.25) is 4.79 Å². The number of carbonyl (C=O) groups excluding carboxylic acids is 1. The van der Waals surface area contributed by atoms with Crippen molar-refractivity contribution in [1.29, 1.82) is 0 Å². The predicted molar refractivity (Wildman–Crippen MR) is 101 cm³/mol. The third-order valence-corrected chi connectivity index (χ3v) is 6.05. The van der Waals surface area contributed by atoms with Crippen LogP contribution in [0.4, 0.5) is 5.69 Å². The standard InChI is InChI=1S/C18H14ClNOS2/c1-22-18-14(11-7-9-13(19)10-8-11)15(20)17(23-18)16(21)12-5-3-2-4-6-12/h2-10H,20H2,1H3. The van der Waals surface area contributed by atoms with Crippen molar-refractivity contribution < 1.29 is 4.79 Å². The minimum Gasteiger partial charge on any atom is -0.397 e. The van der Waals surface area contributed by atoms with Gasteiger partial charge in [-0.1, -0.05) is 54.1 Å². The van der Waals surface area contributed by atoms with E-state index in [1.54, 1.807) is 11.8 Å². The first-order chi connectivity index (χ1) is 11.1. The van der Waals surface area contributed by atoms with Gasteiger partial charge >= 0.3 is 0 Å². The van der Waals surface area contributed by atoms with Gasteiger partial charge in [-0.2, -0.15) is 0 Å². The molecule has 1 heterocycles. The van der Waals surface area contributed by atoms with Crippen molar-refractivity contribution in [2.75, 3.05) is 12.0 Å². The molecule has 0 atom stereocenters. The quantitative estimate of drug-likeness (QED) is 0.486. The molecule has 0 bridgehead atoms. The molecule has 2 aromatic carbocycles. The molecule has 2 N–H and O–H groups in total. The maximum atomic E-state index is 12.7. The number of anilines is 1. The fourth-order valence-corrected chi connectivity index (χ4v) is 4.42. The molecule has 0 fully saturated rings. The van der Waals surface area contributed by atoms with E-state index in [9.17, 15) is 4.79 Å². The third-order valence-electron chi connectivity index (χ3n) is 3.47. The second kappa shape index (κ2) is 6.79. The zero-order valence-corrected chi connectivity index (χ0v) is 14.8. The van der Waals surface area contributed by atoms with Gasteiger partial charge in [-0.15, -0.1) is 23.1 Å². The summed E-state index contributed by atoms with van der Waals surface area (Å²) in [6, 6.07) is 16.7. The normalized spacial score (nSPS) is 10.7. The van der Waals surface area contributed by atoms with Gasteiger partial charge in [0.15, 0.2) is 0 Å². The summed E-state index contributed by atoms with van der Waals surface area (Å²) in [6.07, 6.45) is 1.99. The van der Waals surface area contributed by atoms with Crippen molar-refractivity contribution in [3.8, 4) is 11.1 Å². The Morgan fingerprint density at radius 3 is 2.35 bits per heavy atom. The van der Waals surface area contributed by atoms with Crippen molar-refractivity contribution in [2.45, 2.75) is 4.21 Å². The van der Waals surface area contributed by atoms with E-state index in [-0.39, 0.29) is 5.78 Å². The first-order valence-corrected chi connectivity index (χ1v) is 9.35. The Kier molecular flexibility index (Phi) is 4.76. The summed E-state index contributed by atoms with van der Waals surface area (Å²) < 4.78 is 1.03. The molecule has 0 aliphatic carbocycles. The van der Waals surface area contributed by atoms with Crippen LogP contribution in [-0.4, -0.2) is 12.0 Å². The number of hydrogen-bond donors (Lipinski definition) is 1. The van der Waals surface area contributed by atoms with Gasteiger partial charge in [0.25, 0.3) is 0 Å². The van der Waals surface area contributed by atoms with Gasteiger partial charge in [-0.05, 0) is 24.0 Å². The highest BCUT2D eigenvalue weighted by molar-refractivity contribution is 8.00. The molecular weight excluding hydrogens is 346 g/mol. The molecule has 0 aliphatic heterocycles. The lowest BCUT2D eigenvalue weighted by Gasteiger charge is -2.04. The second-order valence-corrected chi connectivity index (χ2v) is 7.45. The minimum absolute atomic E-state index is 0.0383. The Hall–Kier alpha value is -1.75. The average molecular weight is 360 g/mol. The van der Waals surface area contributed by atoms with E-state index in [2.05, 4.69) is 0 Å². The number of benzene rings is 2. The Bertz CT molecular complexity index is 841. The number of halogens is 1. The number of hydrogen-bond acceptors (Lipinski definition) is 4. The van der Waals surface area contributed by atoms with E-state index in [1.807, 2.05) is 60.9 Å². The number of ketones is 1. The van der Waals surface area contributed by atoms with Crippen molar-refractivity contribution in [3.05, 3.63) is 70.1 Å². The number of thioether (sulfide) groups is 1. The number of nitrogen functional groups attached to an aromatic ring is 1. The molecule has 0 radical (unpaired) electrons. The highest BCUT2D eigenvalue weighted by Gasteiger charge is 2.22. The van der Waals surface area contributed by atoms with Crippen molar-refractivity contribution in [2.24, 2.45) is 0 Å². The summed E-state index contributed by atoms with van der Waals surface area (Å²) in [4.78, 5) is 13.3. The SMILES string of the molecule is CSc1sc(C(=O)c2ccccc2)c(N)c1-c1ccc(Cl)cc1. The van der Waals surface area contributed by atoms with Gasteiger partial charge in [0.2, 0.25) is 5.78 Å². The fraction of sp³-hybridized carbons (Fsp3) is 0.0556. The molecule has 0 saturated heterocycles. The molecule has 0 spiro atoms. The molecule has 5 heteroatoms. The maximum absolute atomic E-state index is 12.7. The summed E-state index contributed by atoms with van der Waals surface area (Å²) in [5, 5.41) is 0.675. The van der Waals surface area contributed by atoms with Gasteiger partial charge in [0.1, 0.15) is 0 Å². The number of thiophene rings is 1. The highest BCUT2D eigenvalue weighted by Crippen LogP contribution is 2.44. The van der Waals surface area contributed by atoms with E-state index in [0.29, 0.717) is 21.2 Å². The van der Waals surface area contributed by atoms with Crippen LogP contribution in [-0.2, 0) is 0 Å². The van der Waals surface area contributed by atoms with Crippen LogP contribution < -0.4 is 5.73 Å². The van der Waals surface area contributed by atoms with Gasteiger partial charge < -0.3 is 5.73 Å². The zero-order valence-electron chi connectivity index (χ0n) is 12.4. The third kappa shape index (κ3) is 3.15. The Balaban J connectivity index is 2.11. The number of rotatable bonds is 4. The van der Waals surface area contributed by atoms with Gasteiger partial charge in [0, 0.05) is 16.1 Å². The fourth-order valence-electron chi connectivity index (χ4n) is 2.35. The lowest BCUT2D eigenvalue weighted by atomic mass is 10.0. The predicted octanol–water partition coefficient (Wildman–Crippen LogP) is 5.60. The molecule has 0 unspecified atom stereocenters. The lowest BCUT2D eigenvalue weighted by Crippen LogP contribution is -2.02. The van der Waals surface area contributed by atoms with Crippen LogP contribution in [0.15, 0.2) is 58.8 Å². The number of nitrogens with two attached hydrogens (primary N) is 1. The molecule has 3 aromatic rings. The van der Waals surface area contributed by atoms with Gasteiger partial charge in [-0.25, -0.2) is 0 Å². The molecule has 0 saturated carbocycles. The van der Waals surface area contributed by atoms with Crippen LogP contribution in [0.5, 0.6) is 0 Å². The summed E-state index contributed by atoms with van der Waals surface area (Å²) in [7, 11) is 0. The molecule has 0 amide bonds. The largest absolute Gasteiger partial charge is 0.397 e. The van der Waals surface area contributed by atoms with Crippen LogP contribution in [0.1, 0.15) is 15.2 Å². The van der Waals surface area contributed by atoms with Crippen LogP contribution in [0.25, 0.3) is 11.1 Å². The van der Waals surface area contributed by atoms with E-state index in [1.165, 1.54) is 11.3 Å². The van der Waals surface area contributed by atoms with E-state index in [0.717, 1.165) is 15.3 Å². The monoisotopic (exact) mass is 359 g/mol. The van der Waals surface area contributed by atoms with Crippen molar-refractivity contribution in [3.63, 3.8) is 0 Å². The van der Waals surface area contributed by atoms with E-state index in [4.69, 9.17) is 17.3 Å². The first-order valence-electron chi connectivity index (χ1n) is 6.93. The topological polar surface area (TPSA) is 43.1 Å². The Morgan fingerprint density at radius 1 is 1.09 bits per heavy atom. The molecular formula is C18H14ClNOS2. The second-order valence-electron chi connectivity index (χ2n) is 4.91. The van der Waals surface area contributed by atoms with E-state index < -0.39 is 0 Å². The van der Waals surface area contributed by atoms with Crippen LogP contribution in [0, 0.1) is 0 Å².